The summed E-state index contributed by atoms with van der Waals surface area (Å²) < 4.78 is 26.3. The van der Waals surface area contributed by atoms with Gasteiger partial charge in [-0.3, -0.25) is 4.79 Å². The van der Waals surface area contributed by atoms with Crippen LogP contribution in [0.15, 0.2) is 29.2 Å². The molecule has 0 aliphatic heterocycles. The van der Waals surface area contributed by atoms with Gasteiger partial charge in [-0.2, -0.15) is 4.31 Å². The molecule has 1 aliphatic carbocycles. The summed E-state index contributed by atoms with van der Waals surface area (Å²) in [4.78, 5) is 14.7. The minimum Gasteiger partial charge on any atom is -0.353 e. The lowest BCUT2D eigenvalue weighted by atomic mass is 9.88. The maximum absolute atomic E-state index is 12.6. The van der Waals surface area contributed by atoms with Crippen LogP contribution >= 0.6 is 11.6 Å². The van der Waals surface area contributed by atoms with Crippen LogP contribution in [-0.4, -0.2) is 63.3 Å². The molecule has 6 nitrogen and oxygen atoms in total. The van der Waals surface area contributed by atoms with E-state index in [-0.39, 0.29) is 22.9 Å². The van der Waals surface area contributed by atoms with Crippen molar-refractivity contribution in [2.75, 3.05) is 34.2 Å². The van der Waals surface area contributed by atoms with Gasteiger partial charge in [-0.25, -0.2) is 8.42 Å². The second-order valence-electron chi connectivity index (χ2n) is 7.52. The standard InChI is InChI=1S/C19H30ClN3O3S/c1-22(2)19(12-6-4-5-7-13-19)15-21-18(24)14-23(3)27(25,26)17-10-8-16(20)9-11-17/h8-11H,4-7,12-15H2,1-3H3,(H,21,24). The van der Waals surface area contributed by atoms with Crippen molar-refractivity contribution < 1.29 is 13.2 Å². The fraction of sp³-hybridized carbons (Fsp3) is 0.632. The predicted molar refractivity (Wildman–Crippen MR) is 108 cm³/mol. The molecule has 0 spiro atoms. The molecule has 2 rings (SSSR count). The monoisotopic (exact) mass is 415 g/mol. The van der Waals surface area contributed by atoms with Crippen LogP contribution < -0.4 is 5.32 Å². The van der Waals surface area contributed by atoms with E-state index in [1.807, 2.05) is 0 Å². The first-order valence-corrected chi connectivity index (χ1v) is 11.2. The van der Waals surface area contributed by atoms with E-state index >= 15 is 0 Å². The van der Waals surface area contributed by atoms with Crippen LogP contribution in [0.25, 0.3) is 0 Å². The molecule has 1 aromatic rings. The van der Waals surface area contributed by atoms with Crippen molar-refractivity contribution in [1.29, 1.82) is 0 Å². The number of nitrogens with zero attached hydrogens (tertiary/aromatic N) is 2. The molecular weight excluding hydrogens is 386 g/mol. The zero-order valence-electron chi connectivity index (χ0n) is 16.4. The molecule has 0 unspecified atom stereocenters. The number of hydrogen-bond acceptors (Lipinski definition) is 4. The number of carbonyl (C=O) groups is 1. The van der Waals surface area contributed by atoms with Crippen molar-refractivity contribution in [3.63, 3.8) is 0 Å². The lowest BCUT2D eigenvalue weighted by molar-refractivity contribution is -0.121. The number of amides is 1. The molecule has 1 N–H and O–H groups in total. The van der Waals surface area contributed by atoms with Crippen molar-refractivity contribution in [3.05, 3.63) is 29.3 Å². The average Bonchev–Trinajstić information content (AvgIpc) is 2.87. The topological polar surface area (TPSA) is 69.7 Å². The summed E-state index contributed by atoms with van der Waals surface area (Å²) in [5, 5.41) is 3.42. The summed E-state index contributed by atoms with van der Waals surface area (Å²) in [6.07, 6.45) is 6.84. The molecule has 0 heterocycles. The predicted octanol–water partition coefficient (Wildman–Crippen LogP) is 2.73. The molecule has 0 bridgehead atoms. The van der Waals surface area contributed by atoms with E-state index in [1.165, 1.54) is 44.2 Å². The van der Waals surface area contributed by atoms with Crippen LogP contribution in [0.3, 0.4) is 0 Å². The number of sulfonamides is 1. The lowest BCUT2D eigenvalue weighted by Crippen LogP contribution is -2.53. The second kappa shape index (κ2) is 9.37. The van der Waals surface area contributed by atoms with Gasteiger partial charge in [0.1, 0.15) is 0 Å². The molecule has 1 saturated carbocycles. The fourth-order valence-corrected chi connectivity index (χ4v) is 4.81. The van der Waals surface area contributed by atoms with E-state index in [0.717, 1.165) is 30.0 Å². The van der Waals surface area contributed by atoms with Crippen LogP contribution in [0.1, 0.15) is 38.5 Å². The Kier molecular flexibility index (Phi) is 7.68. The summed E-state index contributed by atoms with van der Waals surface area (Å²) >= 11 is 5.81. The number of rotatable bonds is 7. The highest BCUT2D eigenvalue weighted by Crippen LogP contribution is 2.30. The van der Waals surface area contributed by atoms with E-state index in [1.54, 1.807) is 0 Å². The quantitative estimate of drug-likeness (QED) is 0.695. The van der Waals surface area contributed by atoms with Gasteiger partial charge in [-0.05, 0) is 51.2 Å². The van der Waals surface area contributed by atoms with Gasteiger partial charge in [0.05, 0.1) is 11.4 Å². The first kappa shape index (κ1) is 22.1. The van der Waals surface area contributed by atoms with Crippen molar-refractivity contribution in [2.45, 2.75) is 49.0 Å². The number of nitrogens with one attached hydrogen (secondary N) is 1. The van der Waals surface area contributed by atoms with E-state index in [0.29, 0.717) is 11.6 Å². The van der Waals surface area contributed by atoms with Gasteiger partial charge >= 0.3 is 0 Å². The third-order valence-electron chi connectivity index (χ3n) is 5.49. The third-order valence-corrected chi connectivity index (χ3v) is 7.56. The van der Waals surface area contributed by atoms with Crippen LogP contribution in [0.5, 0.6) is 0 Å². The normalized spacial score (nSPS) is 17.7. The Balaban J connectivity index is 1.98. The van der Waals surface area contributed by atoms with E-state index in [9.17, 15) is 13.2 Å². The number of carbonyl (C=O) groups excluding carboxylic acids is 1. The molecule has 0 aromatic heterocycles. The van der Waals surface area contributed by atoms with Gasteiger partial charge < -0.3 is 10.2 Å². The molecule has 1 aromatic carbocycles. The molecule has 0 atom stereocenters. The highest BCUT2D eigenvalue weighted by atomic mass is 35.5. The van der Waals surface area contributed by atoms with Gasteiger partial charge in [-0.1, -0.05) is 37.3 Å². The van der Waals surface area contributed by atoms with Crippen LogP contribution in [0, 0.1) is 0 Å². The average molecular weight is 416 g/mol. The Morgan fingerprint density at radius 3 is 2.15 bits per heavy atom. The Hall–Kier alpha value is -1.15. The molecule has 1 fully saturated rings. The van der Waals surface area contributed by atoms with Gasteiger partial charge in [0.15, 0.2) is 0 Å². The number of hydrogen-bond donors (Lipinski definition) is 1. The Morgan fingerprint density at radius 1 is 1.07 bits per heavy atom. The zero-order chi connectivity index (χ0) is 20.1. The smallest absolute Gasteiger partial charge is 0.243 e. The van der Waals surface area contributed by atoms with Crippen LogP contribution in [-0.2, 0) is 14.8 Å². The minimum absolute atomic E-state index is 0.0558. The fourth-order valence-electron chi connectivity index (χ4n) is 3.56. The summed E-state index contributed by atoms with van der Waals surface area (Å²) in [6.45, 7) is 0.322. The molecule has 1 aliphatic rings. The Bertz CT molecular complexity index is 727. The van der Waals surface area contributed by atoms with E-state index in [2.05, 4.69) is 24.3 Å². The van der Waals surface area contributed by atoms with E-state index < -0.39 is 10.0 Å². The summed E-state index contributed by atoms with van der Waals surface area (Å²) in [6, 6.07) is 5.93. The number of benzene rings is 1. The lowest BCUT2D eigenvalue weighted by Gasteiger charge is -2.39. The van der Waals surface area contributed by atoms with Gasteiger partial charge in [0, 0.05) is 24.2 Å². The van der Waals surface area contributed by atoms with Gasteiger partial charge in [0.2, 0.25) is 15.9 Å². The highest BCUT2D eigenvalue weighted by Gasteiger charge is 2.33. The van der Waals surface area contributed by atoms with Crippen molar-refractivity contribution in [2.24, 2.45) is 0 Å². The summed E-state index contributed by atoms with van der Waals surface area (Å²) in [7, 11) is 1.79. The first-order chi connectivity index (χ1) is 12.7. The Labute approximate surface area is 167 Å². The van der Waals surface area contributed by atoms with Crippen LogP contribution in [0.4, 0.5) is 0 Å². The molecule has 8 heteroatoms. The molecule has 0 saturated heterocycles. The molecule has 152 valence electrons. The molecule has 1 amide bonds. The SMILES string of the molecule is CN(C)C1(CNC(=O)CN(C)S(=O)(=O)c2ccc(Cl)cc2)CCCCCC1. The van der Waals surface area contributed by atoms with Crippen molar-refractivity contribution >= 4 is 27.5 Å². The maximum atomic E-state index is 12.6. The number of halogens is 1. The van der Waals surface area contributed by atoms with Crippen molar-refractivity contribution in [1.82, 2.24) is 14.5 Å². The van der Waals surface area contributed by atoms with Crippen LogP contribution in [0.2, 0.25) is 5.02 Å². The van der Waals surface area contributed by atoms with Crippen molar-refractivity contribution in [3.8, 4) is 0 Å². The second-order valence-corrected chi connectivity index (χ2v) is 10.0. The number of likely N-dealkylation sites (N-methyl/N-ethyl adjacent to an activating group) is 2. The minimum atomic E-state index is -3.73. The summed E-state index contributed by atoms with van der Waals surface area (Å²) in [5.74, 6) is -0.291. The molecular formula is C19H30ClN3O3S. The molecule has 0 radical (unpaired) electrons. The Morgan fingerprint density at radius 2 is 1.63 bits per heavy atom. The highest BCUT2D eigenvalue weighted by molar-refractivity contribution is 7.89. The third kappa shape index (κ3) is 5.67. The maximum Gasteiger partial charge on any atom is 0.243 e. The summed E-state index contributed by atoms with van der Waals surface area (Å²) in [5.41, 5.74) is -0.0558. The van der Waals surface area contributed by atoms with E-state index in [4.69, 9.17) is 11.6 Å². The molecule has 27 heavy (non-hydrogen) atoms. The zero-order valence-corrected chi connectivity index (χ0v) is 17.9. The first-order valence-electron chi connectivity index (χ1n) is 9.33. The van der Waals surface area contributed by atoms with Gasteiger partial charge in [-0.15, -0.1) is 0 Å². The largest absolute Gasteiger partial charge is 0.353 e. The van der Waals surface area contributed by atoms with Gasteiger partial charge in [0.25, 0.3) is 0 Å².